The van der Waals surface area contributed by atoms with Crippen molar-refractivity contribution in [2.75, 3.05) is 31.2 Å². The van der Waals surface area contributed by atoms with Crippen LogP contribution in [0.15, 0.2) is 18.2 Å². The van der Waals surface area contributed by atoms with Crippen molar-refractivity contribution in [3.05, 3.63) is 23.8 Å². The first-order chi connectivity index (χ1) is 8.54. The van der Waals surface area contributed by atoms with Crippen molar-refractivity contribution < 1.29 is 14.3 Å². The van der Waals surface area contributed by atoms with E-state index in [-0.39, 0.29) is 12.5 Å². The monoisotopic (exact) mass is 252 g/mol. The molecule has 1 aromatic carbocycles. The maximum atomic E-state index is 11.4. The molecular formula is C11H16N4O3. The van der Waals surface area contributed by atoms with E-state index in [1.54, 1.807) is 25.2 Å². The first kappa shape index (κ1) is 13.6. The van der Waals surface area contributed by atoms with Gasteiger partial charge in [-0.2, -0.15) is 0 Å². The first-order valence-corrected chi connectivity index (χ1v) is 5.32. The van der Waals surface area contributed by atoms with Crippen LogP contribution in [0.2, 0.25) is 0 Å². The summed E-state index contributed by atoms with van der Waals surface area (Å²) in [5.74, 6) is -0.202. The minimum Gasteiger partial charge on any atom is -0.448 e. The quantitative estimate of drug-likeness (QED) is 0.439. The van der Waals surface area contributed by atoms with Gasteiger partial charge in [-0.1, -0.05) is 0 Å². The highest BCUT2D eigenvalue weighted by Gasteiger charge is 2.06. The third-order valence-corrected chi connectivity index (χ3v) is 2.20. The molecule has 2 amide bonds. The minimum atomic E-state index is -0.830. The first-order valence-electron chi connectivity index (χ1n) is 5.32. The lowest BCUT2D eigenvalue weighted by atomic mass is 10.1. The number of ether oxygens (including phenoxy) is 1. The van der Waals surface area contributed by atoms with Crippen LogP contribution in [0.1, 0.15) is 10.4 Å². The smallest absolute Gasteiger partial charge is 0.404 e. The molecule has 1 aromatic rings. The molecule has 0 atom stereocenters. The number of nitrogens with two attached hydrogens (primary N) is 2. The lowest BCUT2D eigenvalue weighted by molar-refractivity contribution is 0.0963. The van der Waals surface area contributed by atoms with E-state index < -0.39 is 6.09 Å². The van der Waals surface area contributed by atoms with E-state index in [9.17, 15) is 9.59 Å². The minimum absolute atomic E-state index is 0.124. The molecule has 0 aliphatic heterocycles. The van der Waals surface area contributed by atoms with Crippen molar-refractivity contribution in [2.45, 2.75) is 0 Å². The van der Waals surface area contributed by atoms with Crippen LogP contribution in [0.3, 0.4) is 0 Å². The van der Waals surface area contributed by atoms with E-state index >= 15 is 0 Å². The van der Waals surface area contributed by atoms with Gasteiger partial charge in [0.2, 0.25) is 0 Å². The summed E-state index contributed by atoms with van der Waals surface area (Å²) in [4.78, 5) is 21.8. The van der Waals surface area contributed by atoms with Crippen molar-refractivity contribution in [1.82, 2.24) is 5.32 Å². The highest BCUT2D eigenvalue weighted by atomic mass is 16.5. The second-order valence-electron chi connectivity index (χ2n) is 3.48. The van der Waals surface area contributed by atoms with Crippen molar-refractivity contribution in [3.63, 3.8) is 0 Å². The zero-order valence-electron chi connectivity index (χ0n) is 10.0. The van der Waals surface area contributed by atoms with Gasteiger partial charge in [0, 0.05) is 19.2 Å². The van der Waals surface area contributed by atoms with E-state index in [0.29, 0.717) is 23.5 Å². The zero-order chi connectivity index (χ0) is 13.5. The lowest BCUT2D eigenvalue weighted by Crippen LogP contribution is -2.20. The summed E-state index contributed by atoms with van der Waals surface area (Å²) >= 11 is 0. The Morgan fingerprint density at radius 1 is 1.39 bits per heavy atom. The van der Waals surface area contributed by atoms with Gasteiger partial charge < -0.3 is 26.8 Å². The van der Waals surface area contributed by atoms with Crippen LogP contribution in [-0.2, 0) is 4.74 Å². The van der Waals surface area contributed by atoms with Crippen LogP contribution in [0.4, 0.5) is 16.2 Å². The highest BCUT2D eigenvalue weighted by Crippen LogP contribution is 2.19. The average molecular weight is 252 g/mol. The molecule has 7 heteroatoms. The van der Waals surface area contributed by atoms with Gasteiger partial charge in [0.1, 0.15) is 6.61 Å². The fourth-order valence-electron chi connectivity index (χ4n) is 1.33. The zero-order valence-corrected chi connectivity index (χ0v) is 10.0. The molecule has 0 unspecified atom stereocenters. The van der Waals surface area contributed by atoms with Gasteiger partial charge in [-0.25, -0.2) is 4.79 Å². The number of hydrogen-bond acceptors (Lipinski definition) is 5. The van der Waals surface area contributed by atoms with E-state index in [2.05, 4.69) is 15.4 Å². The third-order valence-electron chi connectivity index (χ3n) is 2.20. The molecule has 0 heterocycles. The number of anilines is 2. The number of nitrogens with one attached hydrogen (secondary N) is 2. The molecule has 0 radical (unpaired) electrons. The van der Waals surface area contributed by atoms with E-state index in [4.69, 9.17) is 11.5 Å². The average Bonchev–Trinajstić information content (AvgIpc) is 2.35. The van der Waals surface area contributed by atoms with Crippen LogP contribution in [0.5, 0.6) is 0 Å². The number of amides is 2. The molecule has 18 heavy (non-hydrogen) atoms. The summed E-state index contributed by atoms with van der Waals surface area (Å²) in [5, 5.41) is 5.47. The topological polar surface area (TPSA) is 119 Å². The Morgan fingerprint density at radius 2 is 2.11 bits per heavy atom. The van der Waals surface area contributed by atoms with E-state index in [1.807, 2.05) is 0 Å². The number of primary amides is 1. The number of rotatable bonds is 5. The number of nitrogen functional groups attached to an aromatic ring is 1. The molecule has 7 nitrogen and oxygen atoms in total. The molecule has 0 fully saturated rings. The molecule has 0 aliphatic rings. The molecule has 0 aromatic heterocycles. The van der Waals surface area contributed by atoms with Gasteiger partial charge in [0.05, 0.1) is 11.4 Å². The van der Waals surface area contributed by atoms with Gasteiger partial charge in [0.15, 0.2) is 0 Å². The maximum absolute atomic E-state index is 11.4. The van der Waals surface area contributed by atoms with Crippen molar-refractivity contribution in [2.24, 2.45) is 5.73 Å². The second kappa shape index (κ2) is 6.33. The van der Waals surface area contributed by atoms with Gasteiger partial charge in [-0.3, -0.25) is 4.79 Å². The summed E-state index contributed by atoms with van der Waals surface area (Å²) in [6.45, 7) is 0.476. The summed E-state index contributed by atoms with van der Waals surface area (Å²) < 4.78 is 4.56. The van der Waals surface area contributed by atoms with Crippen LogP contribution < -0.4 is 22.1 Å². The largest absolute Gasteiger partial charge is 0.448 e. The van der Waals surface area contributed by atoms with Crippen molar-refractivity contribution in [1.29, 1.82) is 0 Å². The normalized spacial score (nSPS) is 9.61. The van der Waals surface area contributed by atoms with Gasteiger partial charge >= 0.3 is 6.09 Å². The predicted molar refractivity (Wildman–Crippen MR) is 68.3 cm³/mol. The van der Waals surface area contributed by atoms with Gasteiger partial charge in [0.25, 0.3) is 5.91 Å². The Kier molecular flexibility index (Phi) is 4.79. The van der Waals surface area contributed by atoms with Crippen molar-refractivity contribution in [3.8, 4) is 0 Å². The lowest BCUT2D eigenvalue weighted by Gasteiger charge is -2.10. The SMILES string of the molecule is CNC(=O)c1ccc(N)c(NCCOC(N)=O)c1. The highest BCUT2D eigenvalue weighted by molar-refractivity contribution is 5.96. The molecule has 1 rings (SSSR count). The molecule has 0 aliphatic carbocycles. The van der Waals surface area contributed by atoms with E-state index in [0.717, 1.165) is 0 Å². The number of hydrogen-bond donors (Lipinski definition) is 4. The van der Waals surface area contributed by atoms with Gasteiger partial charge in [-0.05, 0) is 18.2 Å². The Bertz CT molecular complexity index is 448. The van der Waals surface area contributed by atoms with Crippen LogP contribution in [0, 0.1) is 0 Å². The standard InChI is InChI=1S/C11H16N4O3/c1-14-10(16)7-2-3-8(12)9(6-7)15-4-5-18-11(13)17/h2-3,6,15H,4-5,12H2,1H3,(H2,13,17)(H,14,16). The fourth-order valence-corrected chi connectivity index (χ4v) is 1.33. The van der Waals surface area contributed by atoms with Crippen LogP contribution >= 0.6 is 0 Å². The molecule has 0 saturated carbocycles. The van der Waals surface area contributed by atoms with E-state index in [1.165, 1.54) is 0 Å². The summed E-state index contributed by atoms with van der Waals surface area (Å²) in [6.07, 6.45) is -0.830. The Labute approximate surface area is 104 Å². The summed E-state index contributed by atoms with van der Waals surface area (Å²) in [7, 11) is 1.55. The number of carbonyl (C=O) groups excluding carboxylic acids is 2. The van der Waals surface area contributed by atoms with Crippen LogP contribution in [-0.4, -0.2) is 32.2 Å². The predicted octanol–water partition coefficient (Wildman–Crippen LogP) is 0.136. The number of carbonyl (C=O) groups is 2. The Balaban J connectivity index is 2.64. The Morgan fingerprint density at radius 3 is 2.72 bits per heavy atom. The molecule has 0 saturated heterocycles. The molecular weight excluding hydrogens is 236 g/mol. The van der Waals surface area contributed by atoms with Crippen LogP contribution in [0.25, 0.3) is 0 Å². The third kappa shape index (κ3) is 3.85. The second-order valence-corrected chi connectivity index (χ2v) is 3.48. The van der Waals surface area contributed by atoms with Crippen molar-refractivity contribution >= 4 is 23.4 Å². The molecule has 98 valence electrons. The molecule has 0 bridgehead atoms. The fraction of sp³-hybridized carbons (Fsp3) is 0.273. The molecule has 6 N–H and O–H groups in total. The Hall–Kier alpha value is -2.44. The summed E-state index contributed by atoms with van der Waals surface area (Å²) in [6, 6.07) is 4.87. The molecule has 0 spiro atoms. The number of benzene rings is 1. The summed E-state index contributed by atoms with van der Waals surface area (Å²) in [5.41, 5.74) is 12.2. The maximum Gasteiger partial charge on any atom is 0.404 e. The van der Waals surface area contributed by atoms with Gasteiger partial charge in [-0.15, -0.1) is 0 Å².